The number of nitrogens with zero attached hydrogens (tertiary/aromatic N) is 2. The first-order chi connectivity index (χ1) is 10.1. The van der Waals surface area contributed by atoms with Gasteiger partial charge in [0.15, 0.2) is 0 Å². The Morgan fingerprint density at radius 1 is 1.38 bits per heavy atom. The van der Waals surface area contributed by atoms with E-state index >= 15 is 0 Å². The van der Waals surface area contributed by atoms with Gasteiger partial charge in [0.1, 0.15) is 0 Å². The number of rotatable bonds is 5. The first-order valence-electron chi connectivity index (χ1n) is 7.83. The maximum Gasteiger partial charge on any atom is 0.269 e. The molecule has 0 bridgehead atoms. The highest BCUT2D eigenvalue weighted by atomic mass is 16.6. The van der Waals surface area contributed by atoms with Crippen molar-refractivity contribution in [3.63, 3.8) is 0 Å². The van der Waals surface area contributed by atoms with Crippen molar-refractivity contribution in [2.24, 2.45) is 5.92 Å². The molecule has 1 aliphatic heterocycles. The van der Waals surface area contributed by atoms with Crippen LogP contribution >= 0.6 is 0 Å². The summed E-state index contributed by atoms with van der Waals surface area (Å²) in [5, 5.41) is 14.3. The molecule has 5 heteroatoms. The van der Waals surface area contributed by atoms with Gasteiger partial charge in [-0.25, -0.2) is 0 Å². The van der Waals surface area contributed by atoms with Crippen molar-refractivity contribution in [3.05, 3.63) is 33.9 Å². The number of anilines is 1. The third kappa shape index (κ3) is 4.43. The topological polar surface area (TPSA) is 58.4 Å². The van der Waals surface area contributed by atoms with Crippen LogP contribution in [0.5, 0.6) is 0 Å². The summed E-state index contributed by atoms with van der Waals surface area (Å²) in [6.45, 7) is 8.12. The Kier molecular flexibility index (Phi) is 5.56. The van der Waals surface area contributed by atoms with Crippen LogP contribution in [-0.2, 0) is 6.54 Å². The minimum absolute atomic E-state index is 0.176. The Morgan fingerprint density at radius 2 is 2.19 bits per heavy atom. The molecule has 0 aliphatic carbocycles. The Labute approximate surface area is 126 Å². The molecule has 5 nitrogen and oxygen atoms in total. The highest BCUT2D eigenvalue weighted by molar-refractivity contribution is 5.56. The molecule has 0 amide bonds. The Balaban J connectivity index is 2.15. The lowest BCUT2D eigenvalue weighted by molar-refractivity contribution is -0.384. The van der Waals surface area contributed by atoms with E-state index in [1.165, 1.54) is 19.3 Å². The first-order valence-corrected chi connectivity index (χ1v) is 7.83. The monoisotopic (exact) mass is 291 g/mol. The van der Waals surface area contributed by atoms with Crippen molar-refractivity contribution in [1.82, 2.24) is 4.90 Å². The van der Waals surface area contributed by atoms with Crippen molar-refractivity contribution < 1.29 is 4.92 Å². The van der Waals surface area contributed by atoms with E-state index in [0.29, 0.717) is 0 Å². The van der Waals surface area contributed by atoms with E-state index in [-0.39, 0.29) is 10.6 Å². The zero-order valence-corrected chi connectivity index (χ0v) is 13.0. The molecule has 0 aromatic heterocycles. The van der Waals surface area contributed by atoms with Crippen molar-refractivity contribution >= 4 is 11.4 Å². The van der Waals surface area contributed by atoms with E-state index in [1.54, 1.807) is 12.1 Å². The van der Waals surface area contributed by atoms with Gasteiger partial charge in [-0.2, -0.15) is 0 Å². The second kappa shape index (κ2) is 7.41. The van der Waals surface area contributed by atoms with E-state index < -0.39 is 0 Å². The van der Waals surface area contributed by atoms with Gasteiger partial charge in [-0.1, -0.05) is 6.92 Å². The lowest BCUT2D eigenvalue weighted by Gasteiger charge is -2.22. The van der Waals surface area contributed by atoms with Crippen molar-refractivity contribution in [1.29, 1.82) is 0 Å². The molecule has 21 heavy (non-hydrogen) atoms. The van der Waals surface area contributed by atoms with Gasteiger partial charge in [-0.3, -0.25) is 15.0 Å². The predicted octanol–water partition coefficient (Wildman–Crippen LogP) is 3.65. The molecule has 0 saturated carbocycles. The van der Waals surface area contributed by atoms with E-state index in [0.717, 1.165) is 43.3 Å². The SMILES string of the molecule is CCNc1ccc([N+](=O)[O-])cc1CN1CCCC(C)CC1. The quantitative estimate of drug-likeness (QED) is 0.664. The number of hydrogen-bond donors (Lipinski definition) is 1. The zero-order chi connectivity index (χ0) is 15.2. The molecular weight excluding hydrogens is 266 g/mol. The lowest BCUT2D eigenvalue weighted by Crippen LogP contribution is -2.24. The fourth-order valence-electron chi connectivity index (χ4n) is 2.91. The van der Waals surface area contributed by atoms with E-state index in [1.807, 2.05) is 13.0 Å². The van der Waals surface area contributed by atoms with Crippen LogP contribution < -0.4 is 5.32 Å². The second-order valence-electron chi connectivity index (χ2n) is 5.94. The number of nitrogens with one attached hydrogen (secondary N) is 1. The third-order valence-corrected chi connectivity index (χ3v) is 4.17. The van der Waals surface area contributed by atoms with Crippen LogP contribution in [0.15, 0.2) is 18.2 Å². The van der Waals surface area contributed by atoms with Crippen LogP contribution in [0.1, 0.15) is 38.7 Å². The number of non-ortho nitro benzene ring substituents is 1. The smallest absolute Gasteiger partial charge is 0.269 e. The molecule has 116 valence electrons. The van der Waals surface area contributed by atoms with E-state index in [2.05, 4.69) is 17.1 Å². The fourth-order valence-corrected chi connectivity index (χ4v) is 2.91. The average Bonchev–Trinajstić information content (AvgIpc) is 2.66. The minimum Gasteiger partial charge on any atom is -0.385 e. The molecule has 1 unspecified atom stereocenters. The molecule has 0 spiro atoms. The first kappa shape index (κ1) is 15.8. The largest absolute Gasteiger partial charge is 0.385 e. The van der Waals surface area contributed by atoms with E-state index in [4.69, 9.17) is 0 Å². The Bertz CT molecular complexity index is 490. The van der Waals surface area contributed by atoms with Gasteiger partial charge in [0.05, 0.1) is 4.92 Å². The number of hydrogen-bond acceptors (Lipinski definition) is 4. The maximum absolute atomic E-state index is 11.0. The van der Waals surface area contributed by atoms with Crippen LogP contribution in [0.25, 0.3) is 0 Å². The number of nitro benzene ring substituents is 1. The molecular formula is C16H25N3O2. The van der Waals surface area contributed by atoms with Gasteiger partial charge in [0.25, 0.3) is 5.69 Å². The Hall–Kier alpha value is -1.62. The Morgan fingerprint density at radius 3 is 2.90 bits per heavy atom. The van der Waals surface area contributed by atoms with Gasteiger partial charge >= 0.3 is 0 Å². The molecule has 2 rings (SSSR count). The van der Waals surface area contributed by atoms with E-state index in [9.17, 15) is 10.1 Å². The molecule has 1 aliphatic rings. The summed E-state index contributed by atoms with van der Waals surface area (Å²) in [5.41, 5.74) is 2.22. The highest BCUT2D eigenvalue weighted by Gasteiger charge is 2.17. The van der Waals surface area contributed by atoms with Gasteiger partial charge < -0.3 is 5.32 Å². The summed E-state index contributed by atoms with van der Waals surface area (Å²) in [4.78, 5) is 13.1. The normalized spacial score (nSPS) is 20.0. The summed E-state index contributed by atoms with van der Waals surface area (Å²) in [7, 11) is 0. The molecule has 1 fully saturated rings. The number of benzene rings is 1. The fraction of sp³-hybridized carbons (Fsp3) is 0.625. The lowest BCUT2D eigenvalue weighted by atomic mass is 10.0. The molecule has 1 saturated heterocycles. The average molecular weight is 291 g/mol. The highest BCUT2D eigenvalue weighted by Crippen LogP contribution is 2.25. The second-order valence-corrected chi connectivity index (χ2v) is 5.94. The molecule has 0 radical (unpaired) electrons. The van der Waals surface area contributed by atoms with Gasteiger partial charge in [-0.05, 0) is 56.8 Å². The van der Waals surface area contributed by atoms with Crippen molar-refractivity contribution in [3.8, 4) is 0 Å². The molecule has 1 atom stereocenters. The van der Waals surface area contributed by atoms with Crippen molar-refractivity contribution in [2.45, 2.75) is 39.7 Å². The summed E-state index contributed by atoms with van der Waals surface area (Å²) >= 11 is 0. The van der Waals surface area contributed by atoms with Crippen LogP contribution in [-0.4, -0.2) is 29.5 Å². The number of likely N-dealkylation sites (tertiary alicyclic amines) is 1. The maximum atomic E-state index is 11.0. The summed E-state index contributed by atoms with van der Waals surface area (Å²) < 4.78 is 0. The van der Waals surface area contributed by atoms with Gasteiger partial charge in [0, 0.05) is 30.9 Å². The predicted molar refractivity (Wildman–Crippen MR) is 85.6 cm³/mol. The standard InChI is InChI=1S/C16H25N3O2/c1-3-17-16-7-6-15(19(20)21)11-14(16)12-18-9-4-5-13(2)8-10-18/h6-7,11,13,17H,3-5,8-10,12H2,1-2H3. The number of nitro groups is 1. The third-order valence-electron chi connectivity index (χ3n) is 4.17. The van der Waals surface area contributed by atoms with Gasteiger partial charge in [-0.15, -0.1) is 0 Å². The molecule has 1 heterocycles. The van der Waals surface area contributed by atoms with Crippen molar-refractivity contribution in [2.75, 3.05) is 25.0 Å². The minimum atomic E-state index is -0.316. The van der Waals surface area contributed by atoms with Crippen LogP contribution in [0.3, 0.4) is 0 Å². The summed E-state index contributed by atoms with van der Waals surface area (Å²) in [6, 6.07) is 5.12. The zero-order valence-electron chi connectivity index (χ0n) is 13.0. The van der Waals surface area contributed by atoms with Crippen LogP contribution in [0, 0.1) is 16.0 Å². The summed E-state index contributed by atoms with van der Waals surface area (Å²) in [5.74, 6) is 0.786. The molecule has 1 N–H and O–H groups in total. The summed E-state index contributed by atoms with van der Waals surface area (Å²) in [6.07, 6.45) is 3.71. The molecule has 1 aromatic carbocycles. The van der Waals surface area contributed by atoms with Gasteiger partial charge in [0.2, 0.25) is 0 Å². The van der Waals surface area contributed by atoms with Crippen LogP contribution in [0.4, 0.5) is 11.4 Å². The molecule has 1 aromatic rings. The van der Waals surface area contributed by atoms with Crippen LogP contribution in [0.2, 0.25) is 0 Å².